The van der Waals surface area contributed by atoms with Crippen molar-refractivity contribution in [3.63, 3.8) is 0 Å². The topological polar surface area (TPSA) is 49.4 Å². The van der Waals surface area contributed by atoms with Crippen molar-refractivity contribution in [2.45, 2.75) is 57.2 Å². The summed E-state index contributed by atoms with van der Waals surface area (Å²) in [5.74, 6) is 0.236. The van der Waals surface area contributed by atoms with Crippen molar-refractivity contribution >= 4 is 5.76 Å². The number of hydroxylamine groups is 2. The van der Waals surface area contributed by atoms with Gasteiger partial charge in [0.15, 0.2) is 17.8 Å². The zero-order valence-corrected chi connectivity index (χ0v) is 19.1. The van der Waals surface area contributed by atoms with Gasteiger partial charge in [-0.3, -0.25) is 0 Å². The molecule has 3 aliphatic heterocycles. The van der Waals surface area contributed by atoms with E-state index in [0.717, 1.165) is 16.9 Å². The number of nitrogens with zero attached hydrogens (tertiary/aromatic N) is 1. The number of ether oxygens (including phenoxy) is 4. The maximum atomic E-state index is 6.48. The van der Waals surface area contributed by atoms with E-state index in [0.29, 0.717) is 13.2 Å². The first-order chi connectivity index (χ1) is 15.4. The summed E-state index contributed by atoms with van der Waals surface area (Å²) >= 11 is 0. The highest BCUT2D eigenvalue weighted by atomic mass is 16.8. The van der Waals surface area contributed by atoms with Crippen molar-refractivity contribution in [1.29, 1.82) is 0 Å². The molecule has 2 fully saturated rings. The van der Waals surface area contributed by atoms with Gasteiger partial charge in [-0.1, -0.05) is 67.6 Å². The summed E-state index contributed by atoms with van der Waals surface area (Å²) in [7, 11) is 1.94. The first kappa shape index (κ1) is 21.6. The second-order valence-electron chi connectivity index (χ2n) is 9.32. The summed E-state index contributed by atoms with van der Waals surface area (Å²) in [6.45, 7) is 6.92. The molecular weight excluding hydrogens is 406 g/mol. The molecule has 32 heavy (non-hydrogen) atoms. The zero-order chi connectivity index (χ0) is 22.3. The standard InChI is InChI=1S/C26H31NO5/c1-18-22-24(31-25(2,3)30-22)29-23(18)26(17-28-16-19-11-7-5-8-12-19)15-21(32-27(26)4)20-13-9-6-10-14-20/h5-15,18,22-24H,16-17H2,1-4H3/t18-,22+,23+,24+,26?/m0/s1. The molecule has 1 unspecified atom stereocenters. The molecule has 0 bridgehead atoms. The third-order valence-electron chi connectivity index (χ3n) is 6.56. The van der Waals surface area contributed by atoms with Crippen LogP contribution in [0.15, 0.2) is 66.7 Å². The lowest BCUT2D eigenvalue weighted by molar-refractivity contribution is -0.241. The predicted molar refractivity (Wildman–Crippen MR) is 120 cm³/mol. The van der Waals surface area contributed by atoms with Gasteiger partial charge in [-0.15, -0.1) is 5.06 Å². The van der Waals surface area contributed by atoms with Gasteiger partial charge in [0.2, 0.25) is 0 Å². The average Bonchev–Trinajstić information content (AvgIpc) is 3.39. The van der Waals surface area contributed by atoms with Gasteiger partial charge < -0.3 is 23.8 Å². The number of fused-ring (bicyclic) bond motifs is 1. The third-order valence-corrected chi connectivity index (χ3v) is 6.56. The average molecular weight is 438 g/mol. The molecule has 170 valence electrons. The second-order valence-corrected chi connectivity index (χ2v) is 9.32. The van der Waals surface area contributed by atoms with Crippen molar-refractivity contribution in [3.05, 3.63) is 77.9 Å². The Labute approximate surface area is 189 Å². The Morgan fingerprint density at radius 3 is 2.34 bits per heavy atom. The maximum Gasteiger partial charge on any atom is 0.187 e. The van der Waals surface area contributed by atoms with Crippen molar-refractivity contribution in [2.24, 2.45) is 5.92 Å². The summed E-state index contributed by atoms with van der Waals surface area (Å²) in [4.78, 5) is 6.24. The smallest absolute Gasteiger partial charge is 0.187 e. The van der Waals surface area contributed by atoms with E-state index >= 15 is 0 Å². The second kappa shape index (κ2) is 8.28. The Morgan fingerprint density at radius 2 is 1.66 bits per heavy atom. The van der Waals surface area contributed by atoms with E-state index in [9.17, 15) is 0 Å². The van der Waals surface area contributed by atoms with Gasteiger partial charge in [0.1, 0.15) is 11.6 Å². The molecule has 5 rings (SSSR count). The van der Waals surface area contributed by atoms with E-state index in [1.807, 2.05) is 74.5 Å². The highest BCUT2D eigenvalue weighted by molar-refractivity contribution is 5.63. The fourth-order valence-corrected chi connectivity index (χ4v) is 4.93. The number of hydrogen-bond acceptors (Lipinski definition) is 6. The van der Waals surface area contributed by atoms with Crippen LogP contribution in [-0.2, 0) is 30.4 Å². The number of hydrogen-bond donors (Lipinski definition) is 0. The molecule has 2 saturated heterocycles. The van der Waals surface area contributed by atoms with Crippen LogP contribution < -0.4 is 0 Å². The number of benzene rings is 2. The lowest BCUT2D eigenvalue weighted by Gasteiger charge is -2.39. The molecular formula is C26H31NO5. The summed E-state index contributed by atoms with van der Waals surface area (Å²) in [5.41, 5.74) is 1.52. The molecule has 6 heteroatoms. The Balaban J connectivity index is 1.44. The van der Waals surface area contributed by atoms with Crippen molar-refractivity contribution in [3.8, 4) is 0 Å². The zero-order valence-electron chi connectivity index (χ0n) is 19.1. The lowest BCUT2D eigenvalue weighted by Crippen LogP contribution is -2.56. The lowest BCUT2D eigenvalue weighted by atomic mass is 9.83. The molecule has 0 spiro atoms. The Bertz CT molecular complexity index is 963. The van der Waals surface area contributed by atoms with Gasteiger partial charge in [0, 0.05) is 18.5 Å². The van der Waals surface area contributed by atoms with Crippen LogP contribution in [0.1, 0.15) is 31.9 Å². The highest BCUT2D eigenvalue weighted by Gasteiger charge is 2.61. The summed E-state index contributed by atoms with van der Waals surface area (Å²) in [5, 5.41) is 1.87. The van der Waals surface area contributed by atoms with Crippen LogP contribution in [0.4, 0.5) is 0 Å². The Hall–Kier alpha value is -2.22. The van der Waals surface area contributed by atoms with Gasteiger partial charge in [0.05, 0.1) is 19.3 Å². The monoisotopic (exact) mass is 437 g/mol. The first-order valence-electron chi connectivity index (χ1n) is 11.2. The van der Waals surface area contributed by atoms with Crippen molar-refractivity contribution < 1.29 is 23.8 Å². The van der Waals surface area contributed by atoms with Crippen LogP contribution in [0, 0.1) is 5.92 Å². The van der Waals surface area contributed by atoms with E-state index in [-0.39, 0.29) is 18.1 Å². The molecule has 0 N–H and O–H groups in total. The van der Waals surface area contributed by atoms with Crippen LogP contribution >= 0.6 is 0 Å². The van der Waals surface area contributed by atoms with Crippen LogP contribution in [0.5, 0.6) is 0 Å². The fraction of sp³-hybridized carbons (Fsp3) is 0.462. The van der Waals surface area contributed by atoms with Gasteiger partial charge >= 0.3 is 0 Å². The van der Waals surface area contributed by atoms with Crippen LogP contribution in [0.25, 0.3) is 5.76 Å². The van der Waals surface area contributed by atoms with E-state index in [1.165, 1.54) is 0 Å². The van der Waals surface area contributed by atoms with E-state index in [1.54, 1.807) is 0 Å². The normalized spacial score (nSPS) is 33.7. The summed E-state index contributed by atoms with van der Waals surface area (Å²) < 4.78 is 24.9. The van der Waals surface area contributed by atoms with Gasteiger partial charge in [0.25, 0.3) is 0 Å². The minimum atomic E-state index is -0.644. The maximum absolute atomic E-state index is 6.48. The Morgan fingerprint density at radius 1 is 0.969 bits per heavy atom. The molecule has 6 nitrogen and oxygen atoms in total. The largest absolute Gasteiger partial charge is 0.405 e. The molecule has 3 heterocycles. The fourth-order valence-electron chi connectivity index (χ4n) is 4.93. The summed E-state index contributed by atoms with van der Waals surface area (Å²) in [6.07, 6.45) is 1.37. The number of rotatable bonds is 6. The minimum Gasteiger partial charge on any atom is -0.405 e. The first-order valence-corrected chi connectivity index (χ1v) is 11.2. The third kappa shape index (κ3) is 3.87. The number of likely N-dealkylation sites (N-methyl/N-ethyl adjacent to an activating group) is 1. The van der Waals surface area contributed by atoms with E-state index in [2.05, 4.69) is 25.1 Å². The Kier molecular flexibility index (Phi) is 5.60. The van der Waals surface area contributed by atoms with Gasteiger partial charge in [-0.05, 0) is 25.5 Å². The van der Waals surface area contributed by atoms with E-state index in [4.69, 9.17) is 23.8 Å². The van der Waals surface area contributed by atoms with Crippen LogP contribution in [0.2, 0.25) is 0 Å². The summed E-state index contributed by atoms with van der Waals surface area (Å²) in [6, 6.07) is 20.3. The predicted octanol–water partition coefficient (Wildman–Crippen LogP) is 4.37. The molecule has 0 aliphatic carbocycles. The molecule has 0 saturated carbocycles. The molecule has 0 aromatic heterocycles. The van der Waals surface area contributed by atoms with Crippen LogP contribution in [0.3, 0.4) is 0 Å². The SMILES string of the molecule is C[C@H]1[C@H]2OC(C)(C)O[C@H]2O[C@H]1C1(COCc2ccccc2)C=C(c2ccccc2)ON1C. The van der Waals surface area contributed by atoms with Crippen molar-refractivity contribution in [1.82, 2.24) is 5.06 Å². The van der Waals surface area contributed by atoms with Gasteiger partial charge in [-0.2, -0.15) is 0 Å². The van der Waals surface area contributed by atoms with Crippen LogP contribution in [-0.4, -0.2) is 48.5 Å². The quantitative estimate of drug-likeness (QED) is 0.669. The molecule has 0 radical (unpaired) electrons. The highest BCUT2D eigenvalue weighted by Crippen LogP contribution is 2.48. The molecule has 2 aromatic carbocycles. The molecule has 0 amide bonds. The molecule has 2 aromatic rings. The molecule has 5 atom stereocenters. The molecule has 3 aliphatic rings. The van der Waals surface area contributed by atoms with Crippen molar-refractivity contribution in [2.75, 3.05) is 13.7 Å². The van der Waals surface area contributed by atoms with Gasteiger partial charge in [-0.25, -0.2) is 0 Å². The minimum absolute atomic E-state index is 0.0829. The van der Waals surface area contributed by atoms with E-state index < -0.39 is 17.6 Å².